The highest BCUT2D eigenvalue weighted by Crippen LogP contribution is 2.60. The number of aliphatic carboxylic acids is 1. The van der Waals surface area contributed by atoms with Crippen molar-refractivity contribution in [3.05, 3.63) is 0 Å². The molecule has 4 bridgehead atoms. The molecular formula is C15H24O3. The van der Waals surface area contributed by atoms with Crippen LogP contribution in [0.5, 0.6) is 0 Å². The maximum Gasteiger partial charge on any atom is 0.336 e. The number of carbonyl (C=O) groups is 1. The third kappa shape index (κ3) is 1.56. The van der Waals surface area contributed by atoms with Gasteiger partial charge in [0.1, 0.15) is 0 Å². The Morgan fingerprint density at radius 2 is 1.50 bits per heavy atom. The van der Waals surface area contributed by atoms with E-state index in [0.29, 0.717) is 11.8 Å². The smallest absolute Gasteiger partial charge is 0.336 e. The van der Waals surface area contributed by atoms with E-state index in [9.17, 15) is 15.0 Å². The lowest BCUT2D eigenvalue weighted by atomic mass is 9.47. The standard InChI is InChI=1S/C15H24O3/c1-8(2)15(18,14(16)17)13-11-4-9-3-10(6-11)7-12(13)5-9/h8-13,18H,3-7H2,1-2H3,(H,16,17). The minimum atomic E-state index is -1.51. The van der Waals surface area contributed by atoms with Crippen LogP contribution in [0.25, 0.3) is 0 Å². The Morgan fingerprint density at radius 1 is 1.06 bits per heavy atom. The third-order valence-corrected chi connectivity index (χ3v) is 5.96. The van der Waals surface area contributed by atoms with Crippen LogP contribution in [0.3, 0.4) is 0 Å². The highest BCUT2D eigenvalue weighted by molar-refractivity contribution is 5.78. The molecule has 2 N–H and O–H groups in total. The molecular weight excluding hydrogens is 228 g/mol. The van der Waals surface area contributed by atoms with Gasteiger partial charge in [0.05, 0.1) is 0 Å². The lowest BCUT2D eigenvalue weighted by Gasteiger charge is -2.58. The molecule has 4 aliphatic rings. The van der Waals surface area contributed by atoms with Crippen molar-refractivity contribution in [2.75, 3.05) is 0 Å². The summed E-state index contributed by atoms with van der Waals surface area (Å²) in [5, 5.41) is 20.3. The molecule has 0 heterocycles. The van der Waals surface area contributed by atoms with Gasteiger partial charge >= 0.3 is 5.97 Å². The molecule has 0 aliphatic heterocycles. The largest absolute Gasteiger partial charge is 0.479 e. The predicted octanol–water partition coefficient (Wildman–Crippen LogP) is 2.53. The Morgan fingerprint density at radius 3 is 1.83 bits per heavy atom. The third-order valence-electron chi connectivity index (χ3n) is 5.96. The molecule has 1 unspecified atom stereocenters. The fourth-order valence-corrected chi connectivity index (χ4v) is 5.42. The molecule has 0 radical (unpaired) electrons. The summed E-state index contributed by atoms with van der Waals surface area (Å²) in [6.45, 7) is 3.69. The van der Waals surface area contributed by atoms with E-state index in [2.05, 4.69) is 0 Å². The van der Waals surface area contributed by atoms with Gasteiger partial charge in [0.15, 0.2) is 5.60 Å². The topological polar surface area (TPSA) is 57.5 Å². The zero-order valence-electron chi connectivity index (χ0n) is 11.3. The van der Waals surface area contributed by atoms with Crippen molar-refractivity contribution in [2.45, 2.75) is 51.6 Å². The Balaban J connectivity index is 1.94. The second kappa shape index (κ2) is 3.96. The SMILES string of the molecule is CC(C)C(O)(C(=O)O)C1C2CC3CC(C2)CC1C3. The summed E-state index contributed by atoms with van der Waals surface area (Å²) >= 11 is 0. The monoisotopic (exact) mass is 252 g/mol. The fraction of sp³-hybridized carbons (Fsp3) is 0.933. The van der Waals surface area contributed by atoms with Gasteiger partial charge in [-0.3, -0.25) is 0 Å². The normalized spacial score (nSPS) is 45.2. The van der Waals surface area contributed by atoms with Crippen LogP contribution in [-0.2, 0) is 4.79 Å². The van der Waals surface area contributed by atoms with Crippen LogP contribution >= 0.6 is 0 Å². The number of carboxylic acids is 1. The lowest BCUT2D eigenvalue weighted by Crippen LogP contribution is -2.60. The van der Waals surface area contributed by atoms with E-state index >= 15 is 0 Å². The van der Waals surface area contributed by atoms with Gasteiger partial charge in [-0.25, -0.2) is 4.79 Å². The van der Waals surface area contributed by atoms with Crippen molar-refractivity contribution >= 4 is 5.97 Å². The van der Waals surface area contributed by atoms with Crippen LogP contribution in [0.2, 0.25) is 0 Å². The summed E-state index contributed by atoms with van der Waals surface area (Å²) in [6.07, 6.45) is 5.97. The van der Waals surface area contributed by atoms with Crippen LogP contribution < -0.4 is 0 Å². The van der Waals surface area contributed by atoms with Crippen molar-refractivity contribution in [2.24, 2.45) is 35.5 Å². The van der Waals surface area contributed by atoms with E-state index in [-0.39, 0.29) is 11.8 Å². The average molecular weight is 252 g/mol. The molecule has 0 amide bonds. The molecule has 0 saturated heterocycles. The summed E-state index contributed by atoms with van der Waals surface area (Å²) in [5.41, 5.74) is -1.51. The summed E-state index contributed by atoms with van der Waals surface area (Å²) in [5.74, 6) is 1.30. The van der Waals surface area contributed by atoms with Crippen LogP contribution in [-0.4, -0.2) is 21.8 Å². The van der Waals surface area contributed by atoms with Crippen LogP contribution in [0, 0.1) is 35.5 Å². The lowest BCUT2D eigenvalue weighted by molar-refractivity contribution is -0.196. The number of hydrogen-bond acceptors (Lipinski definition) is 2. The number of rotatable bonds is 3. The summed E-state index contributed by atoms with van der Waals surface area (Å²) < 4.78 is 0. The van der Waals surface area contributed by atoms with Crippen molar-refractivity contribution in [3.8, 4) is 0 Å². The molecule has 0 spiro atoms. The second-order valence-electron chi connectivity index (χ2n) is 7.24. The van der Waals surface area contributed by atoms with Crippen molar-refractivity contribution in [3.63, 3.8) is 0 Å². The van der Waals surface area contributed by atoms with Gasteiger partial charge in [-0.05, 0) is 61.7 Å². The Hall–Kier alpha value is -0.570. The Bertz CT molecular complexity index is 335. The highest BCUT2D eigenvalue weighted by Gasteiger charge is 2.59. The van der Waals surface area contributed by atoms with Gasteiger partial charge in [0.2, 0.25) is 0 Å². The van der Waals surface area contributed by atoms with Gasteiger partial charge in [0, 0.05) is 5.92 Å². The van der Waals surface area contributed by atoms with Crippen molar-refractivity contribution in [1.82, 2.24) is 0 Å². The summed E-state index contributed by atoms with van der Waals surface area (Å²) in [6, 6.07) is 0. The molecule has 18 heavy (non-hydrogen) atoms. The molecule has 0 aromatic heterocycles. The Labute approximate surface area is 109 Å². The molecule has 0 aromatic rings. The van der Waals surface area contributed by atoms with E-state index in [4.69, 9.17) is 0 Å². The zero-order valence-corrected chi connectivity index (χ0v) is 11.3. The number of carboxylic acid groups (broad SMARTS) is 1. The average Bonchev–Trinajstić information content (AvgIpc) is 2.26. The number of aliphatic hydroxyl groups is 1. The minimum Gasteiger partial charge on any atom is -0.479 e. The zero-order chi connectivity index (χ0) is 13.1. The summed E-state index contributed by atoms with van der Waals surface area (Å²) in [4.78, 5) is 11.6. The minimum absolute atomic E-state index is 0.0113. The van der Waals surface area contributed by atoms with Crippen molar-refractivity contribution in [1.29, 1.82) is 0 Å². The van der Waals surface area contributed by atoms with Gasteiger partial charge in [-0.15, -0.1) is 0 Å². The molecule has 0 aromatic carbocycles. The molecule has 4 saturated carbocycles. The molecule has 3 nitrogen and oxygen atoms in total. The number of hydrogen-bond donors (Lipinski definition) is 2. The molecule has 3 heteroatoms. The summed E-state index contributed by atoms with van der Waals surface area (Å²) in [7, 11) is 0. The Kier molecular flexibility index (Phi) is 2.74. The molecule has 4 fully saturated rings. The second-order valence-corrected chi connectivity index (χ2v) is 7.24. The molecule has 1 atom stereocenters. The van der Waals surface area contributed by atoms with Crippen LogP contribution in [0.4, 0.5) is 0 Å². The predicted molar refractivity (Wildman–Crippen MR) is 68.0 cm³/mol. The quantitative estimate of drug-likeness (QED) is 0.811. The molecule has 4 aliphatic carbocycles. The van der Waals surface area contributed by atoms with E-state index < -0.39 is 11.6 Å². The molecule has 102 valence electrons. The first-order valence-electron chi connectivity index (χ1n) is 7.38. The first-order chi connectivity index (χ1) is 8.42. The highest BCUT2D eigenvalue weighted by atomic mass is 16.4. The maximum absolute atomic E-state index is 11.6. The van der Waals surface area contributed by atoms with E-state index in [1.807, 2.05) is 13.8 Å². The van der Waals surface area contributed by atoms with Gasteiger partial charge < -0.3 is 10.2 Å². The maximum atomic E-state index is 11.6. The van der Waals surface area contributed by atoms with E-state index in [0.717, 1.165) is 37.5 Å². The molecule has 4 rings (SSSR count). The van der Waals surface area contributed by atoms with Crippen LogP contribution in [0.1, 0.15) is 46.0 Å². The van der Waals surface area contributed by atoms with E-state index in [1.165, 1.54) is 6.42 Å². The van der Waals surface area contributed by atoms with Gasteiger partial charge in [-0.1, -0.05) is 13.8 Å². The fourth-order valence-electron chi connectivity index (χ4n) is 5.42. The first-order valence-corrected chi connectivity index (χ1v) is 7.38. The van der Waals surface area contributed by atoms with Gasteiger partial charge in [0.25, 0.3) is 0 Å². The van der Waals surface area contributed by atoms with Gasteiger partial charge in [-0.2, -0.15) is 0 Å². The van der Waals surface area contributed by atoms with E-state index in [1.54, 1.807) is 0 Å². The van der Waals surface area contributed by atoms with Crippen LogP contribution in [0.15, 0.2) is 0 Å². The van der Waals surface area contributed by atoms with Crippen molar-refractivity contribution < 1.29 is 15.0 Å². The first kappa shape index (κ1) is 12.5.